The zero-order valence-corrected chi connectivity index (χ0v) is 10.2. The van der Waals surface area contributed by atoms with Crippen LogP contribution in [0.2, 0.25) is 0 Å². The topological polar surface area (TPSA) is 69.7 Å². The fraction of sp³-hybridized carbons (Fsp3) is 0.583. The van der Waals surface area contributed by atoms with E-state index in [2.05, 4.69) is 21.3 Å². The van der Waals surface area contributed by atoms with Crippen molar-refractivity contribution in [2.45, 2.75) is 26.2 Å². The van der Waals surface area contributed by atoms with Crippen molar-refractivity contribution in [2.75, 3.05) is 14.2 Å². The van der Waals surface area contributed by atoms with E-state index in [1.807, 2.05) is 0 Å². The molecule has 0 spiro atoms. The summed E-state index contributed by atoms with van der Waals surface area (Å²) in [5, 5.41) is 0. The molecule has 0 rings (SSSR count). The maximum absolute atomic E-state index is 11.7. The third-order valence-corrected chi connectivity index (χ3v) is 2.41. The van der Waals surface area contributed by atoms with Gasteiger partial charge in [-0.3, -0.25) is 9.59 Å². The Labute approximate surface area is 100 Å². The lowest BCUT2D eigenvalue weighted by molar-refractivity contribution is -0.169. The van der Waals surface area contributed by atoms with Gasteiger partial charge in [0.2, 0.25) is 0 Å². The summed E-state index contributed by atoms with van der Waals surface area (Å²) < 4.78 is 9.22. The van der Waals surface area contributed by atoms with Crippen LogP contribution in [0.1, 0.15) is 26.2 Å². The molecule has 0 bridgehead atoms. The number of rotatable bonds is 6. The van der Waals surface area contributed by atoms with Gasteiger partial charge in [-0.2, -0.15) is 0 Å². The lowest BCUT2D eigenvalue weighted by Gasteiger charge is -2.25. The Morgan fingerprint density at radius 3 is 2.12 bits per heavy atom. The van der Waals surface area contributed by atoms with Crippen molar-refractivity contribution in [1.82, 2.24) is 0 Å². The molecule has 0 aliphatic heterocycles. The van der Waals surface area contributed by atoms with E-state index in [1.54, 1.807) is 6.92 Å². The summed E-state index contributed by atoms with van der Waals surface area (Å²) in [6, 6.07) is 0. The molecule has 0 aliphatic rings. The van der Waals surface area contributed by atoms with E-state index in [0.29, 0.717) is 6.29 Å². The monoisotopic (exact) mass is 240 g/mol. The highest BCUT2D eigenvalue weighted by Crippen LogP contribution is 2.31. The van der Waals surface area contributed by atoms with Crippen molar-refractivity contribution in [3.8, 4) is 11.8 Å². The Hall–Kier alpha value is -1.83. The molecule has 0 aromatic heterocycles. The molecule has 0 amide bonds. The van der Waals surface area contributed by atoms with Gasteiger partial charge in [0, 0.05) is 12.8 Å². The minimum atomic E-state index is -1.51. The molecule has 0 aromatic carbocycles. The standard InChI is InChI=1S/C12H16O5/c1-4-5-7-12(8-6-9-13,10(14)16-2)11(15)17-3/h9H,6-8H2,1-3H3. The third-order valence-electron chi connectivity index (χ3n) is 2.41. The molecule has 0 saturated carbocycles. The Bertz CT molecular complexity index is 332. The molecule has 0 N–H and O–H groups in total. The molecular formula is C12H16O5. The molecule has 0 unspecified atom stereocenters. The van der Waals surface area contributed by atoms with Gasteiger partial charge < -0.3 is 14.3 Å². The van der Waals surface area contributed by atoms with Crippen molar-refractivity contribution in [3.05, 3.63) is 0 Å². The molecule has 0 heterocycles. The van der Waals surface area contributed by atoms with Crippen LogP contribution in [0.5, 0.6) is 0 Å². The highest BCUT2D eigenvalue weighted by molar-refractivity contribution is 6.00. The van der Waals surface area contributed by atoms with Gasteiger partial charge in [0.1, 0.15) is 6.29 Å². The van der Waals surface area contributed by atoms with Crippen molar-refractivity contribution < 1.29 is 23.9 Å². The Balaban J connectivity index is 5.30. The smallest absolute Gasteiger partial charge is 0.324 e. The van der Waals surface area contributed by atoms with E-state index >= 15 is 0 Å². The molecular weight excluding hydrogens is 224 g/mol. The summed E-state index contributed by atoms with van der Waals surface area (Å²) in [7, 11) is 2.36. The number of hydrogen-bond donors (Lipinski definition) is 0. The molecule has 0 aliphatic carbocycles. The minimum Gasteiger partial charge on any atom is -0.468 e. The first-order chi connectivity index (χ1) is 8.08. The van der Waals surface area contributed by atoms with Gasteiger partial charge in [-0.15, -0.1) is 11.8 Å². The van der Waals surface area contributed by atoms with Gasteiger partial charge in [-0.1, -0.05) is 0 Å². The molecule has 0 aromatic rings. The summed E-state index contributed by atoms with van der Waals surface area (Å²) in [4.78, 5) is 33.9. The largest absolute Gasteiger partial charge is 0.468 e. The average Bonchev–Trinajstić information content (AvgIpc) is 2.37. The first-order valence-corrected chi connectivity index (χ1v) is 5.09. The van der Waals surface area contributed by atoms with Crippen LogP contribution < -0.4 is 0 Å². The van der Waals surface area contributed by atoms with Gasteiger partial charge in [-0.05, 0) is 13.3 Å². The van der Waals surface area contributed by atoms with E-state index in [-0.39, 0.29) is 19.3 Å². The van der Waals surface area contributed by atoms with Crippen LogP contribution in [0.3, 0.4) is 0 Å². The maximum atomic E-state index is 11.7. The summed E-state index contributed by atoms with van der Waals surface area (Å²) in [5.41, 5.74) is -1.51. The van der Waals surface area contributed by atoms with Crippen molar-refractivity contribution in [1.29, 1.82) is 0 Å². The SMILES string of the molecule is CC#CCC(CCC=O)(C(=O)OC)C(=O)OC. The quantitative estimate of drug-likeness (QED) is 0.296. The number of esters is 2. The van der Waals surface area contributed by atoms with Crippen molar-refractivity contribution in [3.63, 3.8) is 0 Å². The van der Waals surface area contributed by atoms with E-state index in [9.17, 15) is 14.4 Å². The van der Waals surface area contributed by atoms with Crippen LogP contribution in [0, 0.1) is 17.3 Å². The van der Waals surface area contributed by atoms with Gasteiger partial charge >= 0.3 is 11.9 Å². The molecule has 17 heavy (non-hydrogen) atoms. The highest BCUT2D eigenvalue weighted by Gasteiger charge is 2.47. The Kier molecular flexibility index (Phi) is 6.64. The second kappa shape index (κ2) is 7.44. The van der Waals surface area contributed by atoms with Crippen LogP contribution in [0.15, 0.2) is 0 Å². The van der Waals surface area contributed by atoms with E-state index < -0.39 is 17.4 Å². The van der Waals surface area contributed by atoms with Crippen LogP contribution in [0.4, 0.5) is 0 Å². The second-order valence-corrected chi connectivity index (χ2v) is 3.37. The third kappa shape index (κ3) is 3.59. The average molecular weight is 240 g/mol. The highest BCUT2D eigenvalue weighted by atomic mass is 16.5. The number of ether oxygens (including phenoxy) is 2. The molecule has 0 atom stereocenters. The number of hydrogen-bond acceptors (Lipinski definition) is 5. The summed E-state index contributed by atoms with van der Waals surface area (Å²) >= 11 is 0. The van der Waals surface area contributed by atoms with Gasteiger partial charge in [0.15, 0.2) is 5.41 Å². The Morgan fingerprint density at radius 2 is 1.76 bits per heavy atom. The lowest BCUT2D eigenvalue weighted by atomic mass is 9.80. The lowest BCUT2D eigenvalue weighted by Crippen LogP contribution is -2.41. The number of carbonyl (C=O) groups excluding carboxylic acids is 3. The number of methoxy groups -OCH3 is 2. The molecule has 94 valence electrons. The first-order valence-electron chi connectivity index (χ1n) is 5.09. The van der Waals surface area contributed by atoms with Crippen LogP contribution in [-0.4, -0.2) is 32.4 Å². The second-order valence-electron chi connectivity index (χ2n) is 3.37. The molecule has 0 fully saturated rings. The van der Waals surface area contributed by atoms with E-state index in [1.165, 1.54) is 14.2 Å². The van der Waals surface area contributed by atoms with Crippen molar-refractivity contribution in [2.24, 2.45) is 5.41 Å². The first kappa shape index (κ1) is 15.2. The zero-order valence-electron chi connectivity index (χ0n) is 10.2. The number of carbonyl (C=O) groups is 3. The van der Waals surface area contributed by atoms with Crippen molar-refractivity contribution >= 4 is 18.2 Å². The summed E-state index contributed by atoms with van der Waals surface area (Å²) in [6.45, 7) is 1.60. The summed E-state index contributed by atoms with van der Waals surface area (Å²) in [6.07, 6.45) is 0.719. The predicted molar refractivity (Wildman–Crippen MR) is 59.8 cm³/mol. The van der Waals surface area contributed by atoms with E-state index in [4.69, 9.17) is 0 Å². The van der Waals surface area contributed by atoms with Gasteiger partial charge in [-0.25, -0.2) is 0 Å². The normalized spacial score (nSPS) is 9.82. The fourth-order valence-electron chi connectivity index (χ4n) is 1.46. The summed E-state index contributed by atoms with van der Waals surface area (Å²) in [5.74, 6) is 3.81. The molecule has 0 radical (unpaired) electrons. The van der Waals surface area contributed by atoms with E-state index in [0.717, 1.165) is 0 Å². The van der Waals surface area contributed by atoms with Gasteiger partial charge in [0.25, 0.3) is 0 Å². The minimum absolute atomic E-state index is 0.0172. The number of aldehydes is 1. The van der Waals surface area contributed by atoms with Gasteiger partial charge in [0.05, 0.1) is 14.2 Å². The predicted octanol–water partition coefficient (Wildman–Crippen LogP) is 0.711. The maximum Gasteiger partial charge on any atom is 0.324 e. The van der Waals surface area contributed by atoms with Crippen LogP contribution in [0.25, 0.3) is 0 Å². The fourth-order valence-corrected chi connectivity index (χ4v) is 1.46. The zero-order chi connectivity index (χ0) is 13.3. The van der Waals surface area contributed by atoms with Crippen LogP contribution in [-0.2, 0) is 23.9 Å². The Morgan fingerprint density at radius 1 is 1.24 bits per heavy atom. The molecule has 5 nitrogen and oxygen atoms in total. The molecule has 5 heteroatoms. The van der Waals surface area contributed by atoms with Crippen LogP contribution >= 0.6 is 0 Å². The molecule has 0 saturated heterocycles.